The van der Waals surface area contributed by atoms with Gasteiger partial charge in [0.2, 0.25) is 20.0 Å². The molecule has 0 aliphatic rings. The van der Waals surface area contributed by atoms with E-state index in [1.807, 2.05) is 0 Å². The Morgan fingerprint density at radius 2 is 1.04 bits per heavy atom. The van der Waals surface area contributed by atoms with E-state index < -0.39 is 44.1 Å². The van der Waals surface area contributed by atoms with E-state index in [1.165, 1.54) is 0 Å². The lowest BCUT2D eigenvalue weighted by atomic mass is 10.1. The molecule has 12 heteroatoms. The summed E-state index contributed by atoms with van der Waals surface area (Å²) in [4.78, 5) is 23.4. The minimum Gasteiger partial charge on any atom is -0.461 e. The molecule has 0 saturated heterocycles. The van der Waals surface area contributed by atoms with Crippen molar-refractivity contribution in [3.8, 4) is 0 Å². The molecule has 10 nitrogen and oxygen atoms in total. The van der Waals surface area contributed by atoms with Crippen LogP contribution in [0, 0.1) is 11.8 Å². The van der Waals surface area contributed by atoms with Crippen LogP contribution in [-0.4, -0.2) is 66.6 Å². The molecule has 2 N–H and O–H groups in total. The van der Waals surface area contributed by atoms with E-state index >= 15 is 0 Å². The van der Waals surface area contributed by atoms with Crippen molar-refractivity contribution in [3.63, 3.8) is 0 Å². The fourth-order valence-corrected chi connectivity index (χ4v) is 3.63. The Kier molecular flexibility index (Phi) is 10.9. The summed E-state index contributed by atoms with van der Waals surface area (Å²) in [6.45, 7) is 6.66. The van der Waals surface area contributed by atoms with Gasteiger partial charge in [0.05, 0.1) is 24.6 Å². The number of carbonyl (C=O) groups excluding carboxylic acids is 2. The monoisotopic (exact) mass is 442 g/mol. The molecule has 0 fully saturated rings. The SMILES string of the molecule is CC(C)[C@H](COC(=O)/C=C/C(=O)OC[C@H](NS(C)(=O)=O)C(C)C)NS(C)(=O)=O. The molecule has 0 aromatic heterocycles. The van der Waals surface area contributed by atoms with Crippen LogP contribution in [0.5, 0.6) is 0 Å². The van der Waals surface area contributed by atoms with Crippen LogP contribution in [0.15, 0.2) is 12.2 Å². The first-order chi connectivity index (χ1) is 12.6. The minimum atomic E-state index is -3.46. The number of sulfonamides is 2. The topological polar surface area (TPSA) is 145 Å². The van der Waals surface area contributed by atoms with Crippen LogP contribution < -0.4 is 9.44 Å². The summed E-state index contributed by atoms with van der Waals surface area (Å²) in [5.41, 5.74) is 0. The molecule has 0 amide bonds. The molecule has 0 rings (SSSR count). The highest BCUT2D eigenvalue weighted by Crippen LogP contribution is 2.05. The van der Waals surface area contributed by atoms with Crippen LogP contribution >= 0.6 is 0 Å². The second-order valence-electron chi connectivity index (χ2n) is 7.07. The number of hydrogen-bond acceptors (Lipinski definition) is 8. The highest BCUT2D eigenvalue weighted by Gasteiger charge is 2.20. The molecule has 0 aliphatic heterocycles. The van der Waals surface area contributed by atoms with Crippen molar-refractivity contribution in [3.05, 3.63) is 12.2 Å². The van der Waals surface area contributed by atoms with Crippen LogP contribution in [0.3, 0.4) is 0 Å². The lowest BCUT2D eigenvalue weighted by molar-refractivity contribution is -0.141. The molecule has 0 aromatic rings. The number of esters is 2. The first-order valence-electron chi connectivity index (χ1n) is 8.57. The average Bonchev–Trinajstić information content (AvgIpc) is 2.50. The van der Waals surface area contributed by atoms with Crippen molar-refractivity contribution in [1.29, 1.82) is 0 Å². The van der Waals surface area contributed by atoms with Gasteiger partial charge in [-0.25, -0.2) is 35.9 Å². The Balaban J connectivity index is 4.58. The Bertz CT molecular complexity index is 694. The van der Waals surface area contributed by atoms with Crippen molar-refractivity contribution in [2.24, 2.45) is 11.8 Å². The molecule has 0 aliphatic carbocycles. The van der Waals surface area contributed by atoms with Gasteiger partial charge >= 0.3 is 11.9 Å². The molecule has 0 saturated carbocycles. The second-order valence-corrected chi connectivity index (χ2v) is 10.6. The third-order valence-corrected chi connectivity index (χ3v) is 4.97. The third-order valence-electron chi connectivity index (χ3n) is 3.51. The summed E-state index contributed by atoms with van der Waals surface area (Å²) < 4.78 is 59.8. The number of nitrogens with one attached hydrogen (secondary N) is 2. The van der Waals surface area contributed by atoms with Gasteiger partial charge in [-0.1, -0.05) is 27.7 Å². The number of carbonyl (C=O) groups is 2. The Labute approximate surface area is 167 Å². The molecule has 0 bridgehead atoms. The van der Waals surface area contributed by atoms with E-state index in [9.17, 15) is 26.4 Å². The van der Waals surface area contributed by atoms with E-state index in [2.05, 4.69) is 9.44 Å². The Morgan fingerprint density at radius 1 is 0.750 bits per heavy atom. The van der Waals surface area contributed by atoms with E-state index in [0.29, 0.717) is 0 Å². The zero-order chi connectivity index (χ0) is 22.1. The summed E-state index contributed by atoms with van der Waals surface area (Å²) in [5, 5.41) is 0. The normalized spacial score (nSPS) is 15.0. The fraction of sp³-hybridized carbons (Fsp3) is 0.750. The van der Waals surface area contributed by atoms with Gasteiger partial charge in [0.1, 0.15) is 13.2 Å². The minimum absolute atomic E-state index is 0.119. The summed E-state index contributed by atoms with van der Waals surface area (Å²) in [7, 11) is -6.92. The quantitative estimate of drug-likeness (QED) is 0.312. The lowest BCUT2D eigenvalue weighted by Crippen LogP contribution is -2.41. The molecule has 0 heterocycles. The highest BCUT2D eigenvalue weighted by atomic mass is 32.2. The van der Waals surface area contributed by atoms with Crippen LogP contribution in [0.2, 0.25) is 0 Å². The molecule has 0 spiro atoms. The van der Waals surface area contributed by atoms with Gasteiger partial charge in [-0.05, 0) is 11.8 Å². The van der Waals surface area contributed by atoms with Gasteiger partial charge < -0.3 is 9.47 Å². The van der Waals surface area contributed by atoms with Crippen molar-refractivity contribution in [1.82, 2.24) is 9.44 Å². The van der Waals surface area contributed by atoms with Crippen LogP contribution in [0.1, 0.15) is 27.7 Å². The lowest BCUT2D eigenvalue weighted by Gasteiger charge is -2.20. The maximum Gasteiger partial charge on any atom is 0.331 e. The van der Waals surface area contributed by atoms with Crippen molar-refractivity contribution < 1.29 is 35.9 Å². The summed E-state index contributed by atoms with van der Waals surface area (Å²) in [6, 6.07) is -1.21. The predicted molar refractivity (Wildman–Crippen MR) is 104 cm³/mol. The Hall–Kier alpha value is -1.50. The first-order valence-corrected chi connectivity index (χ1v) is 12.3. The van der Waals surface area contributed by atoms with Gasteiger partial charge in [-0.3, -0.25) is 0 Å². The van der Waals surface area contributed by atoms with Crippen LogP contribution in [0.25, 0.3) is 0 Å². The second kappa shape index (κ2) is 11.5. The summed E-state index contributed by atoms with van der Waals surface area (Å²) in [5.74, 6) is -1.92. The maximum absolute atomic E-state index is 11.7. The standard InChI is InChI=1S/C16H30N2O8S2/c1-11(2)13(17-27(5,21)22)9-25-15(19)7-8-16(20)26-10-14(12(3)4)18-28(6,23)24/h7-8,11-14,17-18H,9-10H2,1-6H3/b8-7+/t13-,14-/m0/s1. The van der Waals surface area contributed by atoms with Crippen LogP contribution in [0.4, 0.5) is 0 Å². The van der Waals surface area contributed by atoms with E-state index in [4.69, 9.17) is 9.47 Å². The van der Waals surface area contributed by atoms with Gasteiger partial charge in [0.25, 0.3) is 0 Å². The van der Waals surface area contributed by atoms with Gasteiger partial charge in [-0.15, -0.1) is 0 Å². The zero-order valence-corrected chi connectivity index (χ0v) is 18.6. The molecule has 164 valence electrons. The molecule has 2 atom stereocenters. The number of ether oxygens (including phenoxy) is 2. The van der Waals surface area contributed by atoms with Crippen LogP contribution in [-0.2, 0) is 39.1 Å². The average molecular weight is 443 g/mol. The third kappa shape index (κ3) is 13.6. The Morgan fingerprint density at radius 3 is 1.25 bits per heavy atom. The summed E-state index contributed by atoms with van der Waals surface area (Å²) in [6.07, 6.45) is 3.72. The predicted octanol–water partition coefficient (Wildman–Crippen LogP) is -0.223. The first kappa shape index (κ1) is 26.5. The number of rotatable bonds is 12. The smallest absolute Gasteiger partial charge is 0.331 e. The van der Waals surface area contributed by atoms with E-state index in [0.717, 1.165) is 24.7 Å². The van der Waals surface area contributed by atoms with E-state index in [1.54, 1.807) is 27.7 Å². The van der Waals surface area contributed by atoms with Crippen molar-refractivity contribution >= 4 is 32.0 Å². The largest absolute Gasteiger partial charge is 0.461 e. The maximum atomic E-state index is 11.7. The number of hydrogen-bond donors (Lipinski definition) is 2. The van der Waals surface area contributed by atoms with Gasteiger partial charge in [0.15, 0.2) is 0 Å². The van der Waals surface area contributed by atoms with Crippen molar-refractivity contribution in [2.45, 2.75) is 39.8 Å². The molecular formula is C16H30N2O8S2. The zero-order valence-electron chi connectivity index (χ0n) is 17.0. The molecule has 0 unspecified atom stereocenters. The molecule has 28 heavy (non-hydrogen) atoms. The van der Waals surface area contributed by atoms with Gasteiger partial charge in [-0.2, -0.15) is 0 Å². The highest BCUT2D eigenvalue weighted by molar-refractivity contribution is 7.89. The summed E-state index contributed by atoms with van der Waals surface area (Å²) >= 11 is 0. The van der Waals surface area contributed by atoms with Crippen molar-refractivity contribution in [2.75, 3.05) is 25.7 Å². The molecular weight excluding hydrogens is 412 g/mol. The molecule has 0 radical (unpaired) electrons. The van der Waals surface area contributed by atoms with E-state index in [-0.39, 0.29) is 25.0 Å². The fourth-order valence-electron chi connectivity index (χ4n) is 1.85. The molecule has 0 aromatic carbocycles. The van der Waals surface area contributed by atoms with Gasteiger partial charge in [0, 0.05) is 12.2 Å².